The third-order valence-corrected chi connectivity index (χ3v) is 3.97. The Labute approximate surface area is 143 Å². The molecule has 2 rings (SSSR count). The average molecular weight is 326 g/mol. The van der Waals surface area contributed by atoms with Crippen LogP contribution in [0.4, 0.5) is 5.69 Å². The SMILES string of the molecule is CCc1ccc(C(=O)NC(=S)Nc2c(C)cc(C)cc2C)cc1. The molecule has 0 saturated carbocycles. The molecule has 1 amide bonds. The number of amides is 1. The first-order chi connectivity index (χ1) is 10.9. The number of thiocarbonyl (C=S) groups is 1. The van der Waals surface area contributed by atoms with Crippen molar-refractivity contribution in [3.8, 4) is 0 Å². The van der Waals surface area contributed by atoms with E-state index in [0.29, 0.717) is 10.7 Å². The van der Waals surface area contributed by atoms with Crippen LogP contribution in [0.25, 0.3) is 0 Å². The van der Waals surface area contributed by atoms with Gasteiger partial charge >= 0.3 is 0 Å². The van der Waals surface area contributed by atoms with E-state index in [1.165, 1.54) is 11.1 Å². The van der Waals surface area contributed by atoms with E-state index in [4.69, 9.17) is 12.2 Å². The minimum absolute atomic E-state index is 0.201. The first-order valence-electron chi connectivity index (χ1n) is 7.69. The lowest BCUT2D eigenvalue weighted by atomic mass is 10.1. The predicted molar refractivity (Wildman–Crippen MR) is 100 cm³/mol. The number of rotatable bonds is 3. The Morgan fingerprint density at radius 1 is 1.04 bits per heavy atom. The largest absolute Gasteiger partial charge is 0.332 e. The van der Waals surface area contributed by atoms with Crippen molar-refractivity contribution in [2.45, 2.75) is 34.1 Å². The summed E-state index contributed by atoms with van der Waals surface area (Å²) in [6.07, 6.45) is 0.952. The standard InChI is InChI=1S/C19H22N2OS/c1-5-15-6-8-16(9-7-15)18(22)21-19(23)20-17-13(3)10-12(2)11-14(17)4/h6-11H,5H2,1-4H3,(H2,20,21,22,23). The van der Waals surface area contributed by atoms with Gasteiger partial charge in [0.15, 0.2) is 5.11 Å². The van der Waals surface area contributed by atoms with Crippen LogP contribution in [0.2, 0.25) is 0 Å². The molecule has 3 nitrogen and oxygen atoms in total. The van der Waals surface area contributed by atoms with Crippen LogP contribution in [0.5, 0.6) is 0 Å². The van der Waals surface area contributed by atoms with Crippen LogP contribution in [0.15, 0.2) is 36.4 Å². The molecule has 0 atom stereocenters. The lowest BCUT2D eigenvalue weighted by Gasteiger charge is -2.15. The van der Waals surface area contributed by atoms with Crippen molar-refractivity contribution in [3.05, 3.63) is 64.2 Å². The normalized spacial score (nSPS) is 10.3. The van der Waals surface area contributed by atoms with Crippen LogP contribution < -0.4 is 10.6 Å². The number of aryl methyl sites for hydroxylation is 4. The molecule has 0 aliphatic heterocycles. The molecule has 0 aromatic heterocycles. The molecule has 23 heavy (non-hydrogen) atoms. The Balaban J connectivity index is 2.05. The Morgan fingerprint density at radius 2 is 1.61 bits per heavy atom. The van der Waals surface area contributed by atoms with Crippen LogP contribution in [0, 0.1) is 20.8 Å². The number of hydrogen-bond donors (Lipinski definition) is 2. The third kappa shape index (κ3) is 4.39. The summed E-state index contributed by atoms with van der Waals surface area (Å²) in [5.41, 5.74) is 6.16. The van der Waals surface area contributed by atoms with Gasteiger partial charge in [-0.25, -0.2) is 0 Å². The van der Waals surface area contributed by atoms with E-state index >= 15 is 0 Å². The van der Waals surface area contributed by atoms with Crippen LogP contribution in [0.1, 0.15) is 39.5 Å². The summed E-state index contributed by atoms with van der Waals surface area (Å²) in [7, 11) is 0. The molecule has 120 valence electrons. The summed E-state index contributed by atoms with van der Waals surface area (Å²) in [6.45, 7) is 8.19. The quantitative estimate of drug-likeness (QED) is 0.826. The fourth-order valence-electron chi connectivity index (χ4n) is 2.59. The van der Waals surface area contributed by atoms with Crippen molar-refractivity contribution in [3.63, 3.8) is 0 Å². The number of nitrogens with one attached hydrogen (secondary N) is 2. The van der Waals surface area contributed by atoms with Gasteiger partial charge in [-0.1, -0.05) is 36.8 Å². The van der Waals surface area contributed by atoms with Gasteiger partial charge in [0.1, 0.15) is 0 Å². The maximum Gasteiger partial charge on any atom is 0.257 e. The van der Waals surface area contributed by atoms with E-state index in [1.54, 1.807) is 0 Å². The maximum absolute atomic E-state index is 12.2. The fraction of sp³-hybridized carbons (Fsp3) is 0.263. The second-order valence-corrected chi connectivity index (χ2v) is 6.14. The minimum atomic E-state index is -0.201. The average Bonchev–Trinajstić information content (AvgIpc) is 2.51. The second-order valence-electron chi connectivity index (χ2n) is 5.73. The minimum Gasteiger partial charge on any atom is -0.332 e. The summed E-state index contributed by atoms with van der Waals surface area (Å²) >= 11 is 5.27. The van der Waals surface area contributed by atoms with Crippen molar-refractivity contribution in [1.82, 2.24) is 5.32 Å². The summed E-state index contributed by atoms with van der Waals surface area (Å²) < 4.78 is 0. The zero-order valence-electron chi connectivity index (χ0n) is 14.0. The number of benzene rings is 2. The maximum atomic E-state index is 12.2. The van der Waals surface area contributed by atoms with Crippen molar-refractivity contribution in [2.24, 2.45) is 0 Å². The lowest BCUT2D eigenvalue weighted by molar-refractivity contribution is 0.0977. The summed E-state index contributed by atoms with van der Waals surface area (Å²) in [5, 5.41) is 6.17. The first-order valence-corrected chi connectivity index (χ1v) is 8.10. The van der Waals surface area contributed by atoms with Gasteiger partial charge in [-0.05, 0) is 68.2 Å². The van der Waals surface area contributed by atoms with Gasteiger partial charge in [0.25, 0.3) is 5.91 Å². The molecule has 2 N–H and O–H groups in total. The van der Waals surface area contributed by atoms with E-state index < -0.39 is 0 Å². The molecule has 2 aromatic carbocycles. The zero-order valence-corrected chi connectivity index (χ0v) is 14.8. The Bertz CT molecular complexity index is 713. The molecular formula is C19H22N2OS. The predicted octanol–water partition coefficient (Wildman–Crippen LogP) is 4.30. The molecule has 0 spiro atoms. The Morgan fingerprint density at radius 3 is 2.13 bits per heavy atom. The van der Waals surface area contributed by atoms with Gasteiger partial charge in [-0.15, -0.1) is 0 Å². The van der Waals surface area contributed by atoms with Gasteiger partial charge < -0.3 is 5.32 Å². The van der Waals surface area contributed by atoms with Crippen LogP contribution in [-0.2, 0) is 6.42 Å². The van der Waals surface area contributed by atoms with E-state index in [-0.39, 0.29) is 5.91 Å². The molecule has 2 aromatic rings. The van der Waals surface area contributed by atoms with Crippen LogP contribution in [-0.4, -0.2) is 11.0 Å². The number of anilines is 1. The van der Waals surface area contributed by atoms with Crippen molar-refractivity contribution < 1.29 is 4.79 Å². The molecule has 0 radical (unpaired) electrons. The van der Waals surface area contributed by atoms with Gasteiger partial charge in [0.2, 0.25) is 0 Å². The van der Waals surface area contributed by atoms with Crippen LogP contribution >= 0.6 is 12.2 Å². The highest BCUT2D eigenvalue weighted by molar-refractivity contribution is 7.80. The van der Waals surface area contributed by atoms with Gasteiger partial charge in [0, 0.05) is 11.3 Å². The summed E-state index contributed by atoms with van der Waals surface area (Å²) in [5.74, 6) is -0.201. The van der Waals surface area contributed by atoms with E-state index in [9.17, 15) is 4.79 Å². The highest BCUT2D eigenvalue weighted by Gasteiger charge is 2.10. The number of carbonyl (C=O) groups is 1. The first kappa shape index (κ1) is 17.2. The zero-order chi connectivity index (χ0) is 17.0. The fourth-order valence-corrected chi connectivity index (χ4v) is 2.78. The monoisotopic (exact) mass is 326 g/mol. The van der Waals surface area contributed by atoms with Gasteiger partial charge in [-0.3, -0.25) is 10.1 Å². The molecule has 0 heterocycles. The molecule has 4 heteroatoms. The van der Waals surface area contributed by atoms with Crippen molar-refractivity contribution >= 4 is 28.9 Å². The molecular weight excluding hydrogens is 304 g/mol. The molecule has 0 aliphatic carbocycles. The molecule has 0 aliphatic rings. The molecule has 0 saturated heterocycles. The number of hydrogen-bond acceptors (Lipinski definition) is 2. The van der Waals surface area contributed by atoms with Crippen molar-refractivity contribution in [1.29, 1.82) is 0 Å². The Kier molecular flexibility index (Phi) is 5.50. The summed E-state index contributed by atoms with van der Waals surface area (Å²) in [4.78, 5) is 12.2. The second kappa shape index (κ2) is 7.38. The summed E-state index contributed by atoms with van der Waals surface area (Å²) in [6, 6.07) is 11.7. The smallest absolute Gasteiger partial charge is 0.257 e. The Hall–Kier alpha value is -2.20. The van der Waals surface area contributed by atoms with E-state index in [1.807, 2.05) is 38.1 Å². The molecule has 0 fully saturated rings. The van der Waals surface area contributed by atoms with Crippen molar-refractivity contribution in [2.75, 3.05) is 5.32 Å². The molecule has 0 bridgehead atoms. The van der Waals surface area contributed by atoms with E-state index in [2.05, 4.69) is 36.6 Å². The lowest BCUT2D eigenvalue weighted by Crippen LogP contribution is -2.34. The topological polar surface area (TPSA) is 41.1 Å². The molecule has 0 unspecified atom stereocenters. The van der Waals surface area contributed by atoms with Crippen LogP contribution in [0.3, 0.4) is 0 Å². The van der Waals surface area contributed by atoms with E-state index in [0.717, 1.165) is 23.2 Å². The third-order valence-electron chi connectivity index (χ3n) is 3.77. The highest BCUT2D eigenvalue weighted by Crippen LogP contribution is 2.21. The highest BCUT2D eigenvalue weighted by atomic mass is 32.1. The van der Waals surface area contributed by atoms with Gasteiger partial charge in [-0.2, -0.15) is 0 Å². The van der Waals surface area contributed by atoms with Gasteiger partial charge in [0.05, 0.1) is 0 Å². The number of carbonyl (C=O) groups excluding carboxylic acids is 1.